The van der Waals surface area contributed by atoms with Crippen molar-refractivity contribution in [2.24, 2.45) is 0 Å². The molecule has 1 amide bonds. The zero-order valence-electron chi connectivity index (χ0n) is 20.3. The number of anilines is 3. The molecule has 1 aliphatic rings. The molecule has 0 radical (unpaired) electrons. The largest absolute Gasteiger partial charge is 0.486 e. The van der Waals surface area contributed by atoms with Crippen molar-refractivity contribution in [3.8, 4) is 5.75 Å². The van der Waals surface area contributed by atoms with Crippen LogP contribution in [-0.4, -0.2) is 21.5 Å². The van der Waals surface area contributed by atoms with Crippen LogP contribution < -0.4 is 15.4 Å². The summed E-state index contributed by atoms with van der Waals surface area (Å²) in [4.78, 5) is 21.0. The zero-order chi connectivity index (χ0) is 26.7. The number of hydrogen-bond donors (Lipinski definition) is 3. The maximum atomic E-state index is 14.3. The Kier molecular flexibility index (Phi) is 7.00. The van der Waals surface area contributed by atoms with Crippen molar-refractivity contribution >= 4 is 58.3 Å². The summed E-state index contributed by atoms with van der Waals surface area (Å²) >= 11 is 6.33. The van der Waals surface area contributed by atoms with E-state index < -0.39 is 34.8 Å². The molecule has 0 fully saturated rings. The Bertz CT molecular complexity index is 1550. The van der Waals surface area contributed by atoms with Gasteiger partial charge in [0.25, 0.3) is 5.91 Å². The molecule has 3 N–H and O–H groups in total. The number of aromatic nitrogens is 2. The molecule has 0 saturated heterocycles. The van der Waals surface area contributed by atoms with Crippen molar-refractivity contribution in [2.45, 2.75) is 39.0 Å². The smallest absolute Gasteiger partial charge is 0.416 e. The maximum Gasteiger partial charge on any atom is 0.416 e. The minimum Gasteiger partial charge on any atom is -0.486 e. The van der Waals surface area contributed by atoms with Crippen LogP contribution in [0.1, 0.15) is 40.9 Å². The van der Waals surface area contributed by atoms with Crippen LogP contribution >= 0.6 is 24.0 Å². The van der Waals surface area contributed by atoms with Gasteiger partial charge in [-0.2, -0.15) is 13.2 Å². The maximum absolute atomic E-state index is 14.3. The monoisotopic (exact) mass is 568 g/mol. The Labute approximate surface area is 226 Å². The molecule has 12 heteroatoms. The van der Waals surface area contributed by atoms with E-state index in [2.05, 4.69) is 20.6 Å². The van der Waals surface area contributed by atoms with Crippen LogP contribution in [0.25, 0.3) is 11.0 Å². The second kappa shape index (κ2) is 9.67. The molecule has 38 heavy (non-hydrogen) atoms. The highest BCUT2D eigenvalue weighted by Crippen LogP contribution is 2.43. The Morgan fingerprint density at radius 2 is 1.92 bits per heavy atom. The number of fused-ring (bicyclic) bond motifs is 3. The molecule has 2 heterocycles. The van der Waals surface area contributed by atoms with E-state index in [1.165, 1.54) is 6.07 Å². The quantitative estimate of drug-likeness (QED) is 0.219. The number of nitrogens with one attached hydrogen (secondary N) is 3. The minimum absolute atomic E-state index is 0. The van der Waals surface area contributed by atoms with Gasteiger partial charge in [0, 0.05) is 12.0 Å². The summed E-state index contributed by atoms with van der Waals surface area (Å²) in [6.07, 6.45) is -4.27. The van der Waals surface area contributed by atoms with E-state index >= 15 is 0 Å². The van der Waals surface area contributed by atoms with Crippen LogP contribution in [0.4, 0.5) is 34.9 Å². The zero-order valence-corrected chi connectivity index (χ0v) is 21.9. The van der Waals surface area contributed by atoms with Gasteiger partial charge in [0.2, 0.25) is 5.95 Å². The van der Waals surface area contributed by atoms with E-state index in [-0.39, 0.29) is 23.7 Å². The third kappa shape index (κ3) is 5.10. The third-order valence-electron chi connectivity index (χ3n) is 6.06. The number of benzene rings is 3. The summed E-state index contributed by atoms with van der Waals surface area (Å²) in [7, 11) is 0. The molecule has 1 aromatic heterocycles. The van der Waals surface area contributed by atoms with Crippen molar-refractivity contribution in [1.29, 1.82) is 0 Å². The molecule has 3 aromatic carbocycles. The number of ether oxygens (including phenoxy) is 1. The number of carbonyl (C=O) groups excluding carboxylic acids is 1. The van der Waals surface area contributed by atoms with Crippen LogP contribution in [-0.2, 0) is 12.6 Å². The normalized spacial score (nSPS) is 14.0. The van der Waals surface area contributed by atoms with Crippen LogP contribution in [0.15, 0.2) is 42.5 Å². The first-order chi connectivity index (χ1) is 17.3. The molecule has 0 saturated carbocycles. The molecule has 200 valence electrons. The lowest BCUT2D eigenvalue weighted by atomic mass is 9.98. The van der Waals surface area contributed by atoms with Gasteiger partial charge >= 0.3 is 6.18 Å². The molecule has 0 spiro atoms. The van der Waals surface area contributed by atoms with Crippen molar-refractivity contribution in [3.05, 3.63) is 75.6 Å². The Morgan fingerprint density at radius 1 is 1.18 bits per heavy atom. The molecule has 1 aliphatic heterocycles. The highest BCUT2D eigenvalue weighted by atomic mass is 35.5. The highest BCUT2D eigenvalue weighted by molar-refractivity contribution is 6.33. The summed E-state index contributed by atoms with van der Waals surface area (Å²) in [5.41, 5.74) is 0.954. The molecule has 0 aliphatic carbocycles. The molecule has 4 aromatic rings. The van der Waals surface area contributed by atoms with Gasteiger partial charge in [-0.1, -0.05) is 23.7 Å². The average molecular weight is 569 g/mol. The molecule has 0 unspecified atom stereocenters. The number of aromatic amines is 1. The average Bonchev–Trinajstić information content (AvgIpc) is 3.35. The van der Waals surface area contributed by atoms with Crippen LogP contribution in [0, 0.1) is 12.7 Å². The molecule has 6 nitrogen and oxygen atoms in total. The molecular weight excluding hydrogens is 547 g/mol. The molecule has 0 atom stereocenters. The van der Waals surface area contributed by atoms with Crippen molar-refractivity contribution in [3.63, 3.8) is 0 Å². The third-order valence-corrected chi connectivity index (χ3v) is 6.37. The van der Waals surface area contributed by atoms with Gasteiger partial charge < -0.3 is 20.4 Å². The first-order valence-electron chi connectivity index (χ1n) is 11.3. The Hall–Kier alpha value is -3.50. The van der Waals surface area contributed by atoms with Gasteiger partial charge in [-0.15, -0.1) is 12.4 Å². The van der Waals surface area contributed by atoms with Crippen LogP contribution in [0.5, 0.6) is 5.75 Å². The van der Waals surface area contributed by atoms with E-state index in [0.29, 0.717) is 57.9 Å². The lowest BCUT2D eigenvalue weighted by Gasteiger charge is -2.18. The second-order valence-corrected chi connectivity index (χ2v) is 9.86. The standard InChI is InChI=1S/C26H21ClF4N4O2.ClH/c1-12-5-4-6-16(27)20(12)34-24-33-19-10-14(22-15(21(19)35-24)11-25(2,3)37-22)23(36)32-18-9-13(26(29,30)31)7-8-17(18)28;/h4-10H,11H2,1-3H3,(H,32,36)(H2,33,34,35);1H. The molecular formula is C26H22Cl2F4N4O2. The lowest BCUT2D eigenvalue weighted by Crippen LogP contribution is -2.25. The highest BCUT2D eigenvalue weighted by Gasteiger charge is 2.37. The Balaban J connectivity index is 0.00000336. The minimum atomic E-state index is -4.69. The fourth-order valence-electron chi connectivity index (χ4n) is 4.34. The number of imidazole rings is 1. The predicted molar refractivity (Wildman–Crippen MR) is 141 cm³/mol. The topological polar surface area (TPSA) is 79.0 Å². The van der Waals surface area contributed by atoms with Gasteiger partial charge in [0.15, 0.2) is 0 Å². The number of aryl methyl sites for hydroxylation is 1. The predicted octanol–water partition coefficient (Wildman–Crippen LogP) is 7.81. The van der Waals surface area contributed by atoms with Gasteiger partial charge in [0.05, 0.1) is 38.6 Å². The number of nitrogens with zero attached hydrogens (tertiary/aromatic N) is 1. The number of para-hydroxylation sites is 1. The second-order valence-electron chi connectivity index (χ2n) is 9.46. The van der Waals surface area contributed by atoms with Gasteiger partial charge in [-0.05, 0) is 56.7 Å². The summed E-state index contributed by atoms with van der Waals surface area (Å²) in [6, 6.07) is 8.76. The van der Waals surface area contributed by atoms with E-state index in [9.17, 15) is 22.4 Å². The van der Waals surface area contributed by atoms with E-state index in [1.54, 1.807) is 6.07 Å². The van der Waals surface area contributed by atoms with E-state index in [1.807, 2.05) is 32.9 Å². The molecule has 5 rings (SSSR count). The molecule has 0 bridgehead atoms. The fraction of sp³-hybridized carbons (Fsp3) is 0.231. The summed E-state index contributed by atoms with van der Waals surface area (Å²) in [5, 5.41) is 5.92. The van der Waals surface area contributed by atoms with Crippen molar-refractivity contribution in [1.82, 2.24) is 9.97 Å². The first kappa shape index (κ1) is 27.5. The number of alkyl halides is 3. The van der Waals surface area contributed by atoms with Gasteiger partial charge in [-0.3, -0.25) is 4.79 Å². The van der Waals surface area contributed by atoms with E-state index in [4.69, 9.17) is 16.3 Å². The number of halogens is 6. The summed E-state index contributed by atoms with van der Waals surface area (Å²) in [5.74, 6) is -1.20. The van der Waals surface area contributed by atoms with Crippen LogP contribution in [0.2, 0.25) is 5.02 Å². The van der Waals surface area contributed by atoms with Crippen molar-refractivity contribution < 1.29 is 27.1 Å². The van der Waals surface area contributed by atoms with Crippen molar-refractivity contribution in [2.75, 3.05) is 10.6 Å². The number of H-pyrrole nitrogens is 1. The number of amides is 1. The first-order valence-corrected chi connectivity index (χ1v) is 11.6. The lowest BCUT2D eigenvalue weighted by molar-refractivity contribution is -0.137. The van der Waals surface area contributed by atoms with Gasteiger partial charge in [0.1, 0.15) is 17.2 Å². The summed E-state index contributed by atoms with van der Waals surface area (Å²) < 4.78 is 59.7. The fourth-order valence-corrected chi connectivity index (χ4v) is 4.61. The van der Waals surface area contributed by atoms with Crippen LogP contribution in [0.3, 0.4) is 0 Å². The SMILES string of the molecule is Cc1cccc(Cl)c1Nc1nc2c3c(c(C(=O)Nc4cc(C(F)(F)F)ccc4F)cc2[nH]1)OC(C)(C)C3.Cl. The van der Waals surface area contributed by atoms with E-state index in [0.717, 1.165) is 5.56 Å². The number of rotatable bonds is 4. The number of carbonyl (C=O) groups is 1. The van der Waals surface area contributed by atoms with Gasteiger partial charge in [-0.25, -0.2) is 9.37 Å². The number of hydrogen-bond acceptors (Lipinski definition) is 4. The Morgan fingerprint density at radius 3 is 2.61 bits per heavy atom. The summed E-state index contributed by atoms with van der Waals surface area (Å²) in [6.45, 7) is 5.57.